The molecular weight excluding hydrogens is 244 g/mol. The van der Waals surface area contributed by atoms with Crippen LogP contribution in [0.25, 0.3) is 0 Å². The second-order valence-electron chi connectivity index (χ2n) is 4.96. The summed E-state index contributed by atoms with van der Waals surface area (Å²) in [5.74, 6) is 1.41. The van der Waals surface area contributed by atoms with Gasteiger partial charge in [-0.1, -0.05) is 6.92 Å². The van der Waals surface area contributed by atoms with Crippen molar-refractivity contribution in [2.24, 2.45) is 11.7 Å². The van der Waals surface area contributed by atoms with Crippen LogP contribution in [-0.4, -0.2) is 31.2 Å². The molecule has 2 N–H and O–H groups in total. The van der Waals surface area contributed by atoms with E-state index in [1.807, 2.05) is 26.0 Å². The first kappa shape index (κ1) is 13.7. The zero-order valence-corrected chi connectivity index (χ0v) is 11.6. The SMILES string of the molecule is Cc1cc2c(cc1CN(C)C(=O)C(C)CN)OCO2. The van der Waals surface area contributed by atoms with Gasteiger partial charge in [0, 0.05) is 26.1 Å². The van der Waals surface area contributed by atoms with E-state index in [0.29, 0.717) is 13.1 Å². The number of fused-ring (bicyclic) bond motifs is 1. The molecule has 0 aromatic heterocycles. The van der Waals surface area contributed by atoms with E-state index in [4.69, 9.17) is 15.2 Å². The predicted octanol–water partition coefficient (Wildman–Crippen LogP) is 1.28. The monoisotopic (exact) mass is 264 g/mol. The molecule has 0 radical (unpaired) electrons. The second kappa shape index (κ2) is 5.48. The maximum absolute atomic E-state index is 12.0. The van der Waals surface area contributed by atoms with E-state index in [1.165, 1.54) is 0 Å². The normalized spacial score (nSPS) is 14.3. The molecule has 0 saturated carbocycles. The number of ether oxygens (including phenoxy) is 2. The van der Waals surface area contributed by atoms with Crippen LogP contribution in [0.1, 0.15) is 18.1 Å². The quantitative estimate of drug-likeness (QED) is 0.889. The number of nitrogens with two attached hydrogens (primary N) is 1. The fourth-order valence-corrected chi connectivity index (χ4v) is 2.07. The minimum Gasteiger partial charge on any atom is -0.454 e. The Hall–Kier alpha value is -1.75. The third kappa shape index (κ3) is 2.81. The molecule has 1 unspecified atom stereocenters. The van der Waals surface area contributed by atoms with Crippen molar-refractivity contribution in [2.75, 3.05) is 20.4 Å². The van der Waals surface area contributed by atoms with Crippen LogP contribution in [0.3, 0.4) is 0 Å². The van der Waals surface area contributed by atoms with E-state index in [9.17, 15) is 4.79 Å². The lowest BCUT2D eigenvalue weighted by molar-refractivity contribution is -0.133. The van der Waals surface area contributed by atoms with Gasteiger partial charge in [0.05, 0.1) is 0 Å². The molecule has 104 valence electrons. The molecule has 1 aromatic carbocycles. The molecule has 1 heterocycles. The summed E-state index contributed by atoms with van der Waals surface area (Å²) in [5.41, 5.74) is 7.67. The average Bonchev–Trinajstić information content (AvgIpc) is 2.84. The van der Waals surface area contributed by atoms with Gasteiger partial charge in [0.2, 0.25) is 12.7 Å². The third-order valence-electron chi connectivity index (χ3n) is 3.39. The summed E-state index contributed by atoms with van der Waals surface area (Å²) >= 11 is 0. The first-order valence-corrected chi connectivity index (χ1v) is 6.37. The van der Waals surface area contributed by atoms with Crippen molar-refractivity contribution in [3.63, 3.8) is 0 Å². The zero-order valence-electron chi connectivity index (χ0n) is 11.6. The topological polar surface area (TPSA) is 64.8 Å². The molecule has 5 heteroatoms. The Morgan fingerprint density at radius 2 is 2.05 bits per heavy atom. The summed E-state index contributed by atoms with van der Waals surface area (Å²) in [5, 5.41) is 0. The van der Waals surface area contributed by atoms with Crippen molar-refractivity contribution < 1.29 is 14.3 Å². The summed E-state index contributed by atoms with van der Waals surface area (Å²) in [6, 6.07) is 3.89. The van der Waals surface area contributed by atoms with Crippen molar-refractivity contribution in [2.45, 2.75) is 20.4 Å². The molecule has 0 fully saturated rings. The number of carbonyl (C=O) groups is 1. The van der Waals surface area contributed by atoms with Gasteiger partial charge >= 0.3 is 0 Å². The Balaban J connectivity index is 2.13. The van der Waals surface area contributed by atoms with E-state index in [2.05, 4.69) is 0 Å². The zero-order chi connectivity index (χ0) is 14.0. The predicted molar refractivity (Wildman–Crippen MR) is 72.0 cm³/mol. The standard InChI is InChI=1S/C14H20N2O3/c1-9-4-12-13(19-8-18-12)5-11(9)7-16(3)14(17)10(2)6-15/h4-5,10H,6-8,15H2,1-3H3. The number of aryl methyl sites for hydroxylation is 1. The molecule has 0 saturated heterocycles. The van der Waals surface area contributed by atoms with Crippen LogP contribution >= 0.6 is 0 Å². The van der Waals surface area contributed by atoms with Crippen LogP contribution in [0.5, 0.6) is 11.5 Å². The van der Waals surface area contributed by atoms with E-state index >= 15 is 0 Å². The van der Waals surface area contributed by atoms with E-state index < -0.39 is 0 Å². The number of hydrogen-bond acceptors (Lipinski definition) is 4. The molecule has 5 nitrogen and oxygen atoms in total. The third-order valence-corrected chi connectivity index (χ3v) is 3.39. The Morgan fingerprint density at radius 3 is 2.68 bits per heavy atom. The largest absolute Gasteiger partial charge is 0.454 e. The fourth-order valence-electron chi connectivity index (χ4n) is 2.07. The lowest BCUT2D eigenvalue weighted by Gasteiger charge is -2.21. The van der Waals surface area contributed by atoms with Gasteiger partial charge in [-0.3, -0.25) is 4.79 Å². The molecule has 19 heavy (non-hydrogen) atoms. The van der Waals surface area contributed by atoms with Gasteiger partial charge in [0.1, 0.15) is 0 Å². The van der Waals surface area contributed by atoms with Crippen LogP contribution in [-0.2, 0) is 11.3 Å². The maximum atomic E-state index is 12.0. The Bertz CT molecular complexity index is 488. The average molecular weight is 264 g/mol. The van der Waals surface area contributed by atoms with Crippen LogP contribution in [0, 0.1) is 12.8 Å². The van der Waals surface area contributed by atoms with Gasteiger partial charge in [-0.25, -0.2) is 0 Å². The van der Waals surface area contributed by atoms with Crippen molar-refractivity contribution in [1.29, 1.82) is 0 Å². The maximum Gasteiger partial charge on any atom is 0.231 e. The number of amides is 1. The van der Waals surface area contributed by atoms with Crippen LogP contribution in [0.4, 0.5) is 0 Å². The minimum atomic E-state index is -0.153. The van der Waals surface area contributed by atoms with Crippen LogP contribution in [0.15, 0.2) is 12.1 Å². The molecule has 1 amide bonds. The summed E-state index contributed by atoms with van der Waals surface area (Å²) in [7, 11) is 1.79. The number of benzene rings is 1. The molecule has 0 aliphatic carbocycles. The summed E-state index contributed by atoms with van der Waals surface area (Å²) in [6.07, 6.45) is 0. The fraction of sp³-hybridized carbons (Fsp3) is 0.500. The number of nitrogens with zero attached hydrogens (tertiary/aromatic N) is 1. The Morgan fingerprint density at radius 1 is 1.42 bits per heavy atom. The highest BCUT2D eigenvalue weighted by Crippen LogP contribution is 2.34. The second-order valence-corrected chi connectivity index (χ2v) is 4.96. The molecule has 1 aromatic rings. The molecule has 1 aliphatic rings. The van der Waals surface area contributed by atoms with Crippen molar-refractivity contribution in [3.05, 3.63) is 23.3 Å². The smallest absolute Gasteiger partial charge is 0.231 e. The van der Waals surface area contributed by atoms with Crippen molar-refractivity contribution >= 4 is 5.91 Å². The van der Waals surface area contributed by atoms with Crippen molar-refractivity contribution in [1.82, 2.24) is 4.90 Å². The molecular formula is C14H20N2O3. The van der Waals surface area contributed by atoms with Gasteiger partial charge in [0.15, 0.2) is 11.5 Å². The number of carbonyl (C=O) groups excluding carboxylic acids is 1. The van der Waals surface area contributed by atoms with Crippen LogP contribution < -0.4 is 15.2 Å². The molecule has 0 spiro atoms. The van der Waals surface area contributed by atoms with Crippen LogP contribution in [0.2, 0.25) is 0 Å². The summed E-state index contributed by atoms with van der Waals surface area (Å²) in [6.45, 7) is 5.01. The van der Waals surface area contributed by atoms with Crippen molar-refractivity contribution in [3.8, 4) is 11.5 Å². The molecule has 0 bridgehead atoms. The summed E-state index contributed by atoms with van der Waals surface area (Å²) < 4.78 is 10.7. The highest BCUT2D eigenvalue weighted by Gasteiger charge is 2.19. The van der Waals surface area contributed by atoms with Gasteiger partial charge in [0.25, 0.3) is 0 Å². The summed E-state index contributed by atoms with van der Waals surface area (Å²) in [4.78, 5) is 13.7. The highest BCUT2D eigenvalue weighted by atomic mass is 16.7. The van der Waals surface area contributed by atoms with Gasteiger partial charge in [-0.05, 0) is 30.2 Å². The number of hydrogen-bond donors (Lipinski definition) is 1. The van der Waals surface area contributed by atoms with Gasteiger partial charge in [-0.2, -0.15) is 0 Å². The lowest BCUT2D eigenvalue weighted by Crippen LogP contribution is -2.34. The van der Waals surface area contributed by atoms with E-state index in [-0.39, 0.29) is 18.6 Å². The van der Waals surface area contributed by atoms with Gasteiger partial charge < -0.3 is 20.1 Å². The number of rotatable bonds is 4. The molecule has 1 aliphatic heterocycles. The Kier molecular flexibility index (Phi) is 3.95. The highest BCUT2D eigenvalue weighted by molar-refractivity contribution is 5.78. The Labute approximate surface area is 113 Å². The minimum absolute atomic E-state index is 0.0552. The van der Waals surface area contributed by atoms with E-state index in [0.717, 1.165) is 22.6 Å². The molecule has 1 atom stereocenters. The first-order valence-electron chi connectivity index (χ1n) is 6.37. The first-order chi connectivity index (χ1) is 9.02. The van der Waals surface area contributed by atoms with E-state index in [1.54, 1.807) is 11.9 Å². The lowest BCUT2D eigenvalue weighted by atomic mass is 10.1. The van der Waals surface area contributed by atoms with Gasteiger partial charge in [-0.15, -0.1) is 0 Å². The molecule has 2 rings (SSSR count).